The lowest BCUT2D eigenvalue weighted by Crippen LogP contribution is -2.52. The molecule has 3 fully saturated rings. The SMILES string of the molecule is COc1ccc(CN2C(=O)CCN(c3noc4ccc(CN5CCN(C6CC6)CC5)cc34)C2=O)cc1. The van der Waals surface area contributed by atoms with Crippen molar-refractivity contribution in [1.82, 2.24) is 19.9 Å². The van der Waals surface area contributed by atoms with Gasteiger partial charge in [-0.25, -0.2) is 4.79 Å². The molecular formula is C27H31N5O4. The van der Waals surface area contributed by atoms with Crippen LogP contribution in [-0.2, 0) is 17.9 Å². The smallest absolute Gasteiger partial charge is 0.332 e. The molecule has 3 amide bonds. The lowest BCUT2D eigenvalue weighted by molar-refractivity contribution is -0.129. The predicted molar refractivity (Wildman–Crippen MR) is 135 cm³/mol. The van der Waals surface area contributed by atoms with E-state index in [-0.39, 0.29) is 31.4 Å². The number of nitrogens with zero attached hydrogens (tertiary/aromatic N) is 5. The van der Waals surface area contributed by atoms with Crippen LogP contribution in [0.15, 0.2) is 47.0 Å². The second kappa shape index (κ2) is 9.55. The third-order valence-corrected chi connectivity index (χ3v) is 7.46. The Hall–Kier alpha value is -3.43. The van der Waals surface area contributed by atoms with Gasteiger partial charge in [-0.1, -0.05) is 23.4 Å². The summed E-state index contributed by atoms with van der Waals surface area (Å²) in [6.45, 7) is 5.74. The first-order valence-corrected chi connectivity index (χ1v) is 12.7. The number of anilines is 1. The minimum atomic E-state index is -0.376. The van der Waals surface area contributed by atoms with Crippen LogP contribution in [0.3, 0.4) is 0 Å². The number of methoxy groups -OCH3 is 1. The molecule has 2 saturated heterocycles. The molecule has 0 unspecified atom stereocenters. The van der Waals surface area contributed by atoms with E-state index in [1.165, 1.54) is 23.3 Å². The van der Waals surface area contributed by atoms with Crippen LogP contribution < -0.4 is 9.64 Å². The maximum atomic E-state index is 13.4. The zero-order valence-corrected chi connectivity index (χ0v) is 20.6. The van der Waals surface area contributed by atoms with Gasteiger partial charge in [0.1, 0.15) is 5.75 Å². The molecule has 0 N–H and O–H groups in total. The number of urea groups is 1. The summed E-state index contributed by atoms with van der Waals surface area (Å²) in [5.41, 5.74) is 2.66. The largest absolute Gasteiger partial charge is 0.497 e. The Kier molecular flexibility index (Phi) is 6.10. The van der Waals surface area contributed by atoms with Crippen LogP contribution in [0.1, 0.15) is 30.4 Å². The first-order valence-electron chi connectivity index (χ1n) is 12.7. The molecule has 2 aliphatic heterocycles. The van der Waals surface area contributed by atoms with Crippen molar-refractivity contribution in [3.63, 3.8) is 0 Å². The van der Waals surface area contributed by atoms with Crippen LogP contribution in [-0.4, -0.2) is 77.7 Å². The zero-order valence-electron chi connectivity index (χ0n) is 20.6. The highest BCUT2D eigenvalue weighted by Gasteiger charge is 2.35. The highest BCUT2D eigenvalue weighted by molar-refractivity contribution is 6.08. The number of hydrogen-bond donors (Lipinski definition) is 0. The van der Waals surface area contributed by atoms with E-state index in [0.29, 0.717) is 11.4 Å². The standard InChI is InChI=1S/C27H31N5O4/c1-35-22-7-2-19(3-8-22)18-32-25(33)10-11-31(27(32)34)26-23-16-20(4-9-24(23)36-28-26)17-29-12-14-30(15-13-29)21-5-6-21/h2-4,7-9,16,21H,5-6,10-15,17-18H2,1H3. The van der Waals surface area contributed by atoms with Gasteiger partial charge in [-0.15, -0.1) is 0 Å². The Bertz CT molecular complexity index is 1260. The fraction of sp³-hybridized carbons (Fsp3) is 0.444. The Labute approximate surface area is 210 Å². The Morgan fingerprint density at radius 1 is 0.944 bits per heavy atom. The fourth-order valence-corrected chi connectivity index (χ4v) is 5.21. The number of piperazine rings is 1. The van der Waals surface area contributed by atoms with Gasteiger partial charge in [0, 0.05) is 51.7 Å². The molecule has 3 aliphatic rings. The van der Waals surface area contributed by atoms with Crippen LogP contribution in [0.25, 0.3) is 11.0 Å². The van der Waals surface area contributed by atoms with E-state index in [0.717, 1.165) is 55.5 Å². The van der Waals surface area contributed by atoms with Crippen molar-refractivity contribution in [2.45, 2.75) is 38.4 Å². The Morgan fingerprint density at radius 2 is 1.69 bits per heavy atom. The van der Waals surface area contributed by atoms with Crippen LogP contribution in [0, 0.1) is 0 Å². The van der Waals surface area contributed by atoms with E-state index >= 15 is 0 Å². The van der Waals surface area contributed by atoms with Gasteiger partial charge in [-0.05, 0) is 48.2 Å². The minimum Gasteiger partial charge on any atom is -0.497 e. The molecule has 0 atom stereocenters. The molecule has 9 nitrogen and oxygen atoms in total. The van der Waals surface area contributed by atoms with Crippen molar-refractivity contribution < 1.29 is 18.8 Å². The first-order chi connectivity index (χ1) is 17.6. The second-order valence-corrected chi connectivity index (χ2v) is 9.89. The molecule has 1 aliphatic carbocycles. The summed E-state index contributed by atoms with van der Waals surface area (Å²) < 4.78 is 10.8. The van der Waals surface area contributed by atoms with Crippen LogP contribution in [0.2, 0.25) is 0 Å². The second-order valence-electron chi connectivity index (χ2n) is 9.89. The van der Waals surface area contributed by atoms with E-state index in [4.69, 9.17) is 9.26 Å². The number of rotatable bonds is 7. The predicted octanol–water partition coefficient (Wildman–Crippen LogP) is 3.48. The first kappa shape index (κ1) is 23.0. The summed E-state index contributed by atoms with van der Waals surface area (Å²) in [6, 6.07) is 13.9. The van der Waals surface area contributed by atoms with Crippen molar-refractivity contribution in [3.05, 3.63) is 53.6 Å². The summed E-state index contributed by atoms with van der Waals surface area (Å²) in [5.74, 6) is 1.01. The number of hydrogen-bond acceptors (Lipinski definition) is 7. The topological polar surface area (TPSA) is 82.4 Å². The molecule has 3 aromatic rings. The molecule has 6 rings (SSSR count). The molecule has 3 heterocycles. The lowest BCUT2D eigenvalue weighted by Gasteiger charge is -2.34. The van der Waals surface area contributed by atoms with E-state index in [9.17, 15) is 9.59 Å². The van der Waals surface area contributed by atoms with Crippen molar-refractivity contribution in [1.29, 1.82) is 0 Å². The molecule has 0 radical (unpaired) electrons. The Morgan fingerprint density at radius 3 is 2.42 bits per heavy atom. The molecule has 1 saturated carbocycles. The normalized spacial score (nSPS) is 19.9. The third-order valence-electron chi connectivity index (χ3n) is 7.46. The van der Waals surface area contributed by atoms with Crippen LogP contribution in [0.5, 0.6) is 5.75 Å². The Balaban J connectivity index is 1.18. The summed E-state index contributed by atoms with van der Waals surface area (Å²) in [5, 5.41) is 5.04. The number of amides is 3. The van der Waals surface area contributed by atoms with Gasteiger partial charge >= 0.3 is 6.03 Å². The number of fused-ring (bicyclic) bond motifs is 1. The maximum Gasteiger partial charge on any atom is 0.332 e. The van der Waals surface area contributed by atoms with Gasteiger partial charge in [0.05, 0.1) is 19.0 Å². The minimum absolute atomic E-state index is 0.189. The van der Waals surface area contributed by atoms with Crippen molar-refractivity contribution in [2.24, 2.45) is 0 Å². The van der Waals surface area contributed by atoms with Crippen molar-refractivity contribution in [2.75, 3.05) is 44.7 Å². The quantitative estimate of drug-likeness (QED) is 0.503. The van der Waals surface area contributed by atoms with Crippen LogP contribution >= 0.6 is 0 Å². The molecule has 0 spiro atoms. The number of benzene rings is 2. The van der Waals surface area contributed by atoms with Gasteiger partial charge in [0.2, 0.25) is 5.91 Å². The van der Waals surface area contributed by atoms with E-state index in [1.807, 2.05) is 30.3 Å². The fourth-order valence-electron chi connectivity index (χ4n) is 5.21. The van der Waals surface area contributed by atoms with Gasteiger partial charge in [0.25, 0.3) is 0 Å². The van der Waals surface area contributed by atoms with E-state index < -0.39 is 0 Å². The van der Waals surface area contributed by atoms with Gasteiger partial charge in [0.15, 0.2) is 11.4 Å². The summed E-state index contributed by atoms with van der Waals surface area (Å²) >= 11 is 0. The van der Waals surface area contributed by atoms with E-state index in [1.54, 1.807) is 12.0 Å². The lowest BCUT2D eigenvalue weighted by atomic mass is 10.1. The van der Waals surface area contributed by atoms with Crippen LogP contribution in [0.4, 0.5) is 10.6 Å². The number of carbonyl (C=O) groups is 2. The van der Waals surface area contributed by atoms with Gasteiger partial charge in [-0.3, -0.25) is 24.4 Å². The zero-order chi connectivity index (χ0) is 24.6. The molecule has 2 aromatic carbocycles. The summed E-state index contributed by atoms with van der Waals surface area (Å²) in [6.07, 6.45) is 2.94. The number of carbonyl (C=O) groups excluding carboxylic acids is 2. The number of ether oxygens (including phenoxy) is 1. The monoisotopic (exact) mass is 489 g/mol. The molecule has 188 valence electrons. The molecular weight excluding hydrogens is 458 g/mol. The van der Waals surface area contributed by atoms with Gasteiger partial charge < -0.3 is 9.26 Å². The average molecular weight is 490 g/mol. The molecule has 9 heteroatoms. The average Bonchev–Trinajstić information content (AvgIpc) is 3.67. The molecule has 36 heavy (non-hydrogen) atoms. The summed E-state index contributed by atoms with van der Waals surface area (Å²) in [7, 11) is 1.60. The van der Waals surface area contributed by atoms with E-state index in [2.05, 4.69) is 27.1 Å². The number of imide groups is 1. The number of aromatic nitrogens is 1. The van der Waals surface area contributed by atoms with Crippen molar-refractivity contribution >= 4 is 28.7 Å². The summed E-state index contributed by atoms with van der Waals surface area (Å²) in [4.78, 5) is 34.0. The highest BCUT2D eigenvalue weighted by atomic mass is 16.5. The highest BCUT2D eigenvalue weighted by Crippen LogP contribution is 2.31. The molecule has 1 aromatic heterocycles. The van der Waals surface area contributed by atoms with Crippen molar-refractivity contribution in [3.8, 4) is 5.75 Å². The third kappa shape index (κ3) is 4.56. The van der Waals surface area contributed by atoms with Gasteiger partial charge in [-0.2, -0.15) is 0 Å². The molecule has 0 bridgehead atoms. The maximum absolute atomic E-state index is 13.4.